The molecule has 1 rings (SSSR count). The van der Waals surface area contributed by atoms with Crippen LogP contribution in [0.4, 0.5) is 0 Å². The Balaban J connectivity index is 2.91. The van der Waals surface area contributed by atoms with Gasteiger partial charge in [-0.1, -0.05) is 45.2 Å². The molecule has 1 aromatic rings. The molecule has 0 spiro atoms. The lowest BCUT2D eigenvalue weighted by Gasteiger charge is -2.16. The van der Waals surface area contributed by atoms with E-state index in [9.17, 15) is 9.90 Å². The summed E-state index contributed by atoms with van der Waals surface area (Å²) in [6.45, 7) is 4.22. The number of methoxy groups -OCH3 is 1. The highest BCUT2D eigenvalue weighted by Crippen LogP contribution is 2.25. The molecule has 116 valence electrons. The fraction of sp³-hybridized carbons (Fsp3) is 0.500. The smallest absolute Gasteiger partial charge is 0.331 e. The van der Waals surface area contributed by atoms with Crippen LogP contribution in [0.25, 0.3) is 6.08 Å². The molecule has 0 saturated carbocycles. The number of hydrogen-bond acceptors (Lipinski definition) is 2. The first kappa shape index (κ1) is 17.3. The van der Waals surface area contributed by atoms with Crippen LogP contribution in [-0.2, 0) is 4.79 Å². The second-order valence-corrected chi connectivity index (χ2v) is 5.28. The lowest BCUT2D eigenvalue weighted by atomic mass is 9.89. The number of carbonyl (C=O) groups is 1. The summed E-state index contributed by atoms with van der Waals surface area (Å²) < 4.78 is 5.12. The number of carboxylic acid groups (broad SMARTS) is 1. The Morgan fingerprint density at radius 2 is 1.90 bits per heavy atom. The molecule has 0 aliphatic carbocycles. The monoisotopic (exact) mass is 290 g/mol. The van der Waals surface area contributed by atoms with Crippen molar-refractivity contribution in [2.45, 2.75) is 46.0 Å². The Morgan fingerprint density at radius 3 is 2.38 bits per heavy atom. The van der Waals surface area contributed by atoms with Gasteiger partial charge in [0.2, 0.25) is 0 Å². The van der Waals surface area contributed by atoms with E-state index in [0.717, 1.165) is 43.4 Å². The van der Waals surface area contributed by atoms with Gasteiger partial charge in [0.05, 0.1) is 7.11 Å². The fourth-order valence-electron chi connectivity index (χ4n) is 2.45. The van der Waals surface area contributed by atoms with Gasteiger partial charge in [0.25, 0.3) is 0 Å². The molecule has 3 nitrogen and oxygen atoms in total. The van der Waals surface area contributed by atoms with Crippen molar-refractivity contribution in [2.75, 3.05) is 7.11 Å². The standard InChI is InChI=1S/C18H26O3/c1-4-6-7-8-15(5-2)17(18(19)20)13-14-9-11-16(21-3)12-10-14/h9-13,15H,4-8H2,1-3H3,(H,19,20). The first-order chi connectivity index (χ1) is 10.1. The summed E-state index contributed by atoms with van der Waals surface area (Å²) in [5, 5.41) is 9.50. The van der Waals surface area contributed by atoms with Gasteiger partial charge in [-0.3, -0.25) is 0 Å². The Labute approximate surface area is 127 Å². The van der Waals surface area contributed by atoms with E-state index in [1.165, 1.54) is 0 Å². The van der Waals surface area contributed by atoms with Crippen LogP contribution < -0.4 is 4.74 Å². The molecule has 0 heterocycles. The van der Waals surface area contributed by atoms with Crippen LogP contribution in [0.3, 0.4) is 0 Å². The minimum absolute atomic E-state index is 0.121. The van der Waals surface area contributed by atoms with Gasteiger partial charge in [-0.05, 0) is 42.5 Å². The molecular weight excluding hydrogens is 264 g/mol. The van der Waals surface area contributed by atoms with Crippen molar-refractivity contribution >= 4 is 12.0 Å². The Hall–Kier alpha value is -1.77. The van der Waals surface area contributed by atoms with Crippen LogP contribution in [0.1, 0.15) is 51.5 Å². The highest BCUT2D eigenvalue weighted by molar-refractivity contribution is 5.92. The normalized spacial score (nSPS) is 13.0. The van der Waals surface area contributed by atoms with Crippen molar-refractivity contribution in [1.29, 1.82) is 0 Å². The first-order valence-corrected chi connectivity index (χ1v) is 7.71. The molecule has 1 N–H and O–H groups in total. The summed E-state index contributed by atoms with van der Waals surface area (Å²) >= 11 is 0. The lowest BCUT2D eigenvalue weighted by Crippen LogP contribution is -2.12. The fourth-order valence-corrected chi connectivity index (χ4v) is 2.45. The number of carboxylic acids is 1. The molecule has 3 heteroatoms. The van der Waals surface area contributed by atoms with Crippen LogP contribution in [-0.4, -0.2) is 18.2 Å². The highest BCUT2D eigenvalue weighted by Gasteiger charge is 2.18. The average molecular weight is 290 g/mol. The summed E-state index contributed by atoms with van der Waals surface area (Å²) in [6.07, 6.45) is 6.99. The summed E-state index contributed by atoms with van der Waals surface area (Å²) in [4.78, 5) is 11.6. The summed E-state index contributed by atoms with van der Waals surface area (Å²) in [6, 6.07) is 7.48. The molecule has 0 saturated heterocycles. The molecule has 1 aromatic carbocycles. The maximum absolute atomic E-state index is 11.6. The predicted molar refractivity (Wildman–Crippen MR) is 86.5 cm³/mol. The largest absolute Gasteiger partial charge is 0.497 e. The Morgan fingerprint density at radius 1 is 1.24 bits per heavy atom. The minimum atomic E-state index is -0.811. The second-order valence-electron chi connectivity index (χ2n) is 5.28. The maximum atomic E-state index is 11.6. The van der Waals surface area contributed by atoms with Gasteiger partial charge < -0.3 is 9.84 Å². The molecule has 1 atom stereocenters. The summed E-state index contributed by atoms with van der Waals surface area (Å²) in [5.74, 6) is 0.0873. The van der Waals surface area contributed by atoms with Crippen LogP contribution >= 0.6 is 0 Å². The SMILES string of the molecule is CCCCCC(CC)C(=Cc1ccc(OC)cc1)C(=O)O. The molecule has 21 heavy (non-hydrogen) atoms. The Bertz CT molecular complexity index is 460. The lowest BCUT2D eigenvalue weighted by molar-refractivity contribution is -0.133. The van der Waals surface area contributed by atoms with Gasteiger partial charge in [-0.25, -0.2) is 4.79 Å². The van der Waals surface area contributed by atoms with Gasteiger partial charge in [0, 0.05) is 5.57 Å². The average Bonchev–Trinajstić information content (AvgIpc) is 2.50. The van der Waals surface area contributed by atoms with Crippen LogP contribution in [0, 0.1) is 5.92 Å². The molecule has 0 aliphatic rings. The van der Waals surface area contributed by atoms with E-state index in [1.54, 1.807) is 13.2 Å². The van der Waals surface area contributed by atoms with Crippen LogP contribution in [0.2, 0.25) is 0 Å². The van der Waals surface area contributed by atoms with Gasteiger partial charge >= 0.3 is 5.97 Å². The maximum Gasteiger partial charge on any atom is 0.331 e. The molecule has 0 aliphatic heterocycles. The third kappa shape index (κ3) is 5.62. The molecular formula is C18H26O3. The topological polar surface area (TPSA) is 46.5 Å². The van der Waals surface area contributed by atoms with E-state index in [2.05, 4.69) is 13.8 Å². The summed E-state index contributed by atoms with van der Waals surface area (Å²) in [5.41, 5.74) is 1.42. The Kier molecular flexibility index (Phi) is 7.59. The van der Waals surface area contributed by atoms with E-state index in [-0.39, 0.29) is 5.92 Å². The van der Waals surface area contributed by atoms with Crippen molar-refractivity contribution in [1.82, 2.24) is 0 Å². The highest BCUT2D eigenvalue weighted by atomic mass is 16.5. The van der Waals surface area contributed by atoms with E-state index >= 15 is 0 Å². The summed E-state index contributed by atoms with van der Waals surface area (Å²) in [7, 11) is 1.62. The molecule has 0 bridgehead atoms. The third-order valence-corrected chi connectivity index (χ3v) is 3.77. The van der Waals surface area contributed by atoms with E-state index in [0.29, 0.717) is 5.57 Å². The zero-order valence-electron chi connectivity index (χ0n) is 13.3. The molecule has 0 amide bonds. The van der Waals surface area contributed by atoms with Gasteiger partial charge in [-0.2, -0.15) is 0 Å². The van der Waals surface area contributed by atoms with Crippen molar-refractivity contribution < 1.29 is 14.6 Å². The number of ether oxygens (including phenoxy) is 1. The predicted octanol–water partition coefficient (Wildman–Crippen LogP) is 4.77. The van der Waals surface area contributed by atoms with Gasteiger partial charge in [-0.15, -0.1) is 0 Å². The zero-order chi connectivity index (χ0) is 15.7. The molecule has 1 unspecified atom stereocenters. The minimum Gasteiger partial charge on any atom is -0.497 e. The van der Waals surface area contributed by atoms with E-state index in [4.69, 9.17) is 4.74 Å². The van der Waals surface area contributed by atoms with Crippen molar-refractivity contribution in [3.05, 3.63) is 35.4 Å². The van der Waals surface area contributed by atoms with Crippen LogP contribution in [0.15, 0.2) is 29.8 Å². The van der Waals surface area contributed by atoms with Crippen molar-refractivity contribution in [2.24, 2.45) is 5.92 Å². The van der Waals surface area contributed by atoms with E-state index < -0.39 is 5.97 Å². The number of unbranched alkanes of at least 4 members (excludes halogenated alkanes) is 2. The first-order valence-electron chi connectivity index (χ1n) is 7.71. The van der Waals surface area contributed by atoms with Crippen molar-refractivity contribution in [3.63, 3.8) is 0 Å². The molecule has 0 aromatic heterocycles. The number of aliphatic carboxylic acids is 1. The zero-order valence-corrected chi connectivity index (χ0v) is 13.3. The van der Waals surface area contributed by atoms with Crippen molar-refractivity contribution in [3.8, 4) is 5.75 Å². The molecule has 0 radical (unpaired) electrons. The van der Waals surface area contributed by atoms with E-state index in [1.807, 2.05) is 24.3 Å². The third-order valence-electron chi connectivity index (χ3n) is 3.77. The quantitative estimate of drug-likeness (QED) is 0.526. The van der Waals surface area contributed by atoms with Gasteiger partial charge in [0.15, 0.2) is 0 Å². The second kappa shape index (κ2) is 9.22. The van der Waals surface area contributed by atoms with Gasteiger partial charge in [0.1, 0.15) is 5.75 Å². The number of rotatable bonds is 9. The number of hydrogen-bond donors (Lipinski definition) is 1. The molecule has 0 fully saturated rings. The van der Waals surface area contributed by atoms with Crippen LogP contribution in [0.5, 0.6) is 5.75 Å². The number of benzene rings is 1.